The molecule has 0 radical (unpaired) electrons. The SMILES string of the molecule is O=C(NCC(F)(F)F)C1CCN(S(=O)(=O)c2ccc3c(c2)CCCC3)CC1. The molecule has 0 spiro atoms. The number of carbonyl (C=O) groups is 1. The second-order valence-electron chi connectivity index (χ2n) is 7.15. The summed E-state index contributed by atoms with van der Waals surface area (Å²) in [5, 5.41) is 1.88. The average molecular weight is 404 g/mol. The molecule has 1 amide bonds. The normalized spacial score (nSPS) is 19.5. The zero-order valence-electron chi connectivity index (χ0n) is 14.9. The van der Waals surface area contributed by atoms with E-state index in [1.165, 1.54) is 9.87 Å². The van der Waals surface area contributed by atoms with E-state index in [1.807, 2.05) is 11.4 Å². The van der Waals surface area contributed by atoms with Crippen molar-refractivity contribution in [3.63, 3.8) is 0 Å². The lowest BCUT2D eigenvalue weighted by Crippen LogP contribution is -2.44. The summed E-state index contributed by atoms with van der Waals surface area (Å²) in [7, 11) is -3.66. The van der Waals surface area contributed by atoms with Crippen molar-refractivity contribution >= 4 is 15.9 Å². The largest absolute Gasteiger partial charge is 0.405 e. The molecule has 3 rings (SSSR count). The van der Waals surface area contributed by atoms with Gasteiger partial charge in [-0.15, -0.1) is 0 Å². The molecule has 0 aromatic heterocycles. The predicted octanol–water partition coefficient (Wildman–Crippen LogP) is 2.64. The summed E-state index contributed by atoms with van der Waals surface area (Å²) in [6.45, 7) is -1.10. The van der Waals surface area contributed by atoms with Crippen molar-refractivity contribution in [1.82, 2.24) is 9.62 Å². The number of sulfonamides is 1. The Kier molecular flexibility index (Phi) is 5.81. The summed E-state index contributed by atoms with van der Waals surface area (Å²) in [5.74, 6) is -1.26. The molecule has 1 saturated heterocycles. The summed E-state index contributed by atoms with van der Waals surface area (Å²) < 4.78 is 63.7. The third-order valence-electron chi connectivity index (χ3n) is 5.25. The number of carbonyl (C=O) groups excluding carboxylic acids is 1. The smallest absolute Gasteiger partial charge is 0.347 e. The highest BCUT2D eigenvalue weighted by atomic mass is 32.2. The van der Waals surface area contributed by atoms with Gasteiger partial charge in [0.25, 0.3) is 0 Å². The highest BCUT2D eigenvalue weighted by Gasteiger charge is 2.34. The Morgan fingerprint density at radius 1 is 1.11 bits per heavy atom. The first-order valence-electron chi connectivity index (χ1n) is 9.13. The van der Waals surface area contributed by atoms with Gasteiger partial charge in [0.2, 0.25) is 15.9 Å². The van der Waals surface area contributed by atoms with Crippen LogP contribution in [0.3, 0.4) is 0 Å². The molecule has 1 aromatic carbocycles. The third kappa shape index (κ3) is 4.82. The number of nitrogens with one attached hydrogen (secondary N) is 1. The van der Waals surface area contributed by atoms with Crippen molar-refractivity contribution in [3.05, 3.63) is 29.3 Å². The van der Waals surface area contributed by atoms with Gasteiger partial charge in [0, 0.05) is 19.0 Å². The quantitative estimate of drug-likeness (QED) is 0.839. The van der Waals surface area contributed by atoms with Crippen molar-refractivity contribution in [1.29, 1.82) is 0 Å². The van der Waals surface area contributed by atoms with E-state index in [4.69, 9.17) is 0 Å². The van der Waals surface area contributed by atoms with E-state index in [0.717, 1.165) is 31.2 Å². The number of alkyl halides is 3. The maximum absolute atomic E-state index is 12.9. The molecule has 150 valence electrons. The number of aryl methyl sites for hydroxylation is 2. The first-order chi connectivity index (χ1) is 12.7. The van der Waals surface area contributed by atoms with Crippen LogP contribution in [0.5, 0.6) is 0 Å². The minimum Gasteiger partial charge on any atom is -0.347 e. The highest BCUT2D eigenvalue weighted by Crippen LogP contribution is 2.28. The van der Waals surface area contributed by atoms with Gasteiger partial charge in [-0.3, -0.25) is 4.79 Å². The molecule has 1 aromatic rings. The van der Waals surface area contributed by atoms with Gasteiger partial charge in [-0.2, -0.15) is 17.5 Å². The number of hydrogen-bond acceptors (Lipinski definition) is 3. The van der Waals surface area contributed by atoms with Crippen LogP contribution in [-0.2, 0) is 27.7 Å². The van der Waals surface area contributed by atoms with Crippen LogP contribution >= 0.6 is 0 Å². The first kappa shape index (κ1) is 20.1. The van der Waals surface area contributed by atoms with Crippen LogP contribution in [0.25, 0.3) is 0 Å². The number of benzene rings is 1. The molecule has 5 nitrogen and oxygen atoms in total. The molecule has 0 atom stereocenters. The number of amides is 1. The number of rotatable bonds is 4. The molecule has 1 aliphatic heterocycles. The number of halogens is 3. The van der Waals surface area contributed by atoms with Crippen molar-refractivity contribution in [2.24, 2.45) is 5.92 Å². The minimum atomic E-state index is -4.45. The first-order valence-corrected chi connectivity index (χ1v) is 10.6. The minimum absolute atomic E-state index is 0.128. The third-order valence-corrected chi connectivity index (χ3v) is 7.14. The molecule has 2 aliphatic rings. The predicted molar refractivity (Wildman–Crippen MR) is 93.6 cm³/mol. The summed E-state index contributed by atoms with van der Waals surface area (Å²) in [6, 6.07) is 5.24. The maximum atomic E-state index is 12.9. The van der Waals surface area contributed by atoms with E-state index in [1.54, 1.807) is 12.1 Å². The van der Waals surface area contributed by atoms with Crippen LogP contribution in [-0.4, -0.2) is 44.4 Å². The van der Waals surface area contributed by atoms with Gasteiger partial charge in [-0.25, -0.2) is 8.42 Å². The Morgan fingerprint density at radius 2 is 1.74 bits per heavy atom. The van der Waals surface area contributed by atoms with E-state index >= 15 is 0 Å². The maximum Gasteiger partial charge on any atom is 0.405 e. The highest BCUT2D eigenvalue weighted by molar-refractivity contribution is 7.89. The fourth-order valence-electron chi connectivity index (χ4n) is 3.71. The van der Waals surface area contributed by atoms with Crippen LogP contribution in [0.4, 0.5) is 13.2 Å². The summed E-state index contributed by atoms with van der Waals surface area (Å²) in [4.78, 5) is 12.1. The monoisotopic (exact) mass is 404 g/mol. The molecule has 0 bridgehead atoms. The van der Waals surface area contributed by atoms with Crippen LogP contribution in [0.15, 0.2) is 23.1 Å². The van der Waals surface area contributed by atoms with Crippen LogP contribution in [0, 0.1) is 5.92 Å². The van der Waals surface area contributed by atoms with Gasteiger partial charge in [0.05, 0.1) is 4.90 Å². The van der Waals surface area contributed by atoms with Crippen LogP contribution in [0.2, 0.25) is 0 Å². The summed E-state index contributed by atoms with van der Waals surface area (Å²) >= 11 is 0. The lowest BCUT2D eigenvalue weighted by atomic mass is 9.92. The summed E-state index contributed by atoms with van der Waals surface area (Å²) in [6.07, 6.45) is -0.0138. The number of fused-ring (bicyclic) bond motifs is 1. The lowest BCUT2D eigenvalue weighted by molar-refractivity contribution is -0.141. The lowest BCUT2D eigenvalue weighted by Gasteiger charge is -2.31. The molecular formula is C18H23F3N2O3S. The van der Waals surface area contributed by atoms with Crippen molar-refractivity contribution in [3.8, 4) is 0 Å². The van der Waals surface area contributed by atoms with E-state index in [-0.39, 0.29) is 30.8 Å². The van der Waals surface area contributed by atoms with E-state index in [9.17, 15) is 26.4 Å². The van der Waals surface area contributed by atoms with Gasteiger partial charge < -0.3 is 5.32 Å². The Labute approximate surface area is 157 Å². The molecule has 0 unspecified atom stereocenters. The van der Waals surface area contributed by atoms with Gasteiger partial charge in [0.1, 0.15) is 6.54 Å². The zero-order valence-corrected chi connectivity index (χ0v) is 15.7. The molecule has 27 heavy (non-hydrogen) atoms. The molecule has 1 aliphatic carbocycles. The second-order valence-corrected chi connectivity index (χ2v) is 9.09. The average Bonchev–Trinajstić information content (AvgIpc) is 2.65. The number of nitrogens with zero attached hydrogens (tertiary/aromatic N) is 1. The van der Waals surface area contributed by atoms with Crippen molar-refractivity contribution < 1.29 is 26.4 Å². The van der Waals surface area contributed by atoms with E-state index < -0.39 is 34.6 Å². The standard InChI is InChI=1S/C18H23F3N2O3S/c19-18(20,21)12-22-17(24)14-7-9-23(10-8-14)27(25,26)16-6-5-13-3-1-2-4-15(13)11-16/h5-6,11,14H,1-4,7-10,12H2,(H,22,24). The Morgan fingerprint density at radius 3 is 2.37 bits per heavy atom. The summed E-state index contributed by atoms with van der Waals surface area (Å²) in [5.41, 5.74) is 2.27. The van der Waals surface area contributed by atoms with E-state index in [0.29, 0.717) is 0 Å². The van der Waals surface area contributed by atoms with Gasteiger partial charge >= 0.3 is 6.18 Å². The van der Waals surface area contributed by atoms with E-state index in [2.05, 4.69) is 0 Å². The molecule has 0 saturated carbocycles. The number of piperidine rings is 1. The van der Waals surface area contributed by atoms with Crippen LogP contribution in [0.1, 0.15) is 36.8 Å². The Hall–Kier alpha value is -1.61. The topological polar surface area (TPSA) is 66.5 Å². The van der Waals surface area contributed by atoms with Gasteiger partial charge in [-0.1, -0.05) is 6.07 Å². The zero-order chi connectivity index (χ0) is 19.7. The van der Waals surface area contributed by atoms with Gasteiger partial charge in [0.15, 0.2) is 0 Å². The molecule has 1 N–H and O–H groups in total. The fourth-order valence-corrected chi connectivity index (χ4v) is 5.23. The van der Waals surface area contributed by atoms with Crippen molar-refractivity contribution in [2.75, 3.05) is 19.6 Å². The molecular weight excluding hydrogens is 381 g/mol. The molecule has 9 heteroatoms. The van der Waals surface area contributed by atoms with Crippen LogP contribution < -0.4 is 5.32 Å². The van der Waals surface area contributed by atoms with Crippen molar-refractivity contribution in [2.45, 2.75) is 49.6 Å². The van der Waals surface area contributed by atoms with Gasteiger partial charge in [-0.05, 0) is 61.8 Å². The molecule has 1 fully saturated rings. The molecule has 1 heterocycles. The Balaban J connectivity index is 1.62. The second kappa shape index (κ2) is 7.79. The fraction of sp³-hybridized carbons (Fsp3) is 0.611. The number of hydrogen-bond donors (Lipinski definition) is 1. The Bertz CT molecular complexity index is 801.